The zero-order chi connectivity index (χ0) is 17.4. The average Bonchev–Trinajstić information content (AvgIpc) is 2.62. The molecular weight excluding hydrogens is 320 g/mol. The van der Waals surface area contributed by atoms with E-state index in [1.165, 1.54) is 11.8 Å². The summed E-state index contributed by atoms with van der Waals surface area (Å²) in [7, 11) is 0. The molecule has 3 nitrogen and oxygen atoms in total. The van der Waals surface area contributed by atoms with E-state index >= 15 is 0 Å². The topological polar surface area (TPSA) is 43.4 Å². The van der Waals surface area contributed by atoms with Gasteiger partial charge < -0.3 is 4.74 Å². The molecule has 1 unspecified atom stereocenters. The van der Waals surface area contributed by atoms with Crippen LogP contribution < -0.4 is 0 Å². The highest BCUT2D eigenvalue weighted by Crippen LogP contribution is 2.34. The van der Waals surface area contributed by atoms with Gasteiger partial charge in [-0.05, 0) is 19.4 Å². The van der Waals surface area contributed by atoms with E-state index < -0.39 is 4.75 Å². The Labute approximate surface area is 147 Å². The number of carbonyl (C=O) groups excluding carboxylic acids is 2. The van der Waals surface area contributed by atoms with E-state index in [4.69, 9.17) is 4.74 Å². The summed E-state index contributed by atoms with van der Waals surface area (Å²) in [6, 6.07) is 19.0. The maximum Gasteiger partial charge on any atom is 0.322 e. The molecule has 2 rings (SSSR count). The van der Waals surface area contributed by atoms with E-state index in [9.17, 15) is 9.59 Å². The van der Waals surface area contributed by atoms with E-state index in [1.54, 1.807) is 26.0 Å². The molecule has 2 aromatic rings. The Morgan fingerprint density at radius 3 is 2.17 bits per heavy atom. The van der Waals surface area contributed by atoms with Gasteiger partial charge >= 0.3 is 5.97 Å². The van der Waals surface area contributed by atoms with Crippen molar-refractivity contribution < 1.29 is 14.3 Å². The number of thioether (sulfide) groups is 1. The van der Waals surface area contributed by atoms with Crippen LogP contribution in [0.1, 0.15) is 36.2 Å². The number of ether oxygens (including phenoxy) is 1. The molecule has 2 aromatic carbocycles. The number of Topliss-reactive ketones (excluding diaryl/α,β-unsaturated/α-hetero) is 1. The third-order valence-corrected chi connectivity index (χ3v) is 5.13. The van der Waals surface area contributed by atoms with Crippen LogP contribution in [-0.4, -0.2) is 23.1 Å². The van der Waals surface area contributed by atoms with Gasteiger partial charge in [-0.3, -0.25) is 9.59 Å². The zero-order valence-electron chi connectivity index (χ0n) is 14.0. The summed E-state index contributed by atoms with van der Waals surface area (Å²) >= 11 is 1.45. The Morgan fingerprint density at radius 1 is 1.00 bits per heavy atom. The first-order valence-electron chi connectivity index (χ1n) is 7.98. The molecule has 0 N–H and O–H groups in total. The summed E-state index contributed by atoms with van der Waals surface area (Å²) in [5.41, 5.74) is 1.73. The molecule has 0 bridgehead atoms. The first-order valence-corrected chi connectivity index (χ1v) is 8.97. The molecule has 0 saturated heterocycles. The molecule has 0 aliphatic rings. The lowest BCUT2D eigenvalue weighted by molar-refractivity contribution is -0.145. The van der Waals surface area contributed by atoms with E-state index in [-0.39, 0.29) is 18.2 Å². The van der Waals surface area contributed by atoms with Crippen molar-refractivity contribution in [2.45, 2.75) is 30.8 Å². The number of carbonyl (C=O) groups is 2. The lowest BCUT2D eigenvalue weighted by Gasteiger charge is -2.26. The second kappa shape index (κ2) is 8.69. The first kappa shape index (κ1) is 18.3. The van der Waals surface area contributed by atoms with Crippen molar-refractivity contribution in [3.05, 3.63) is 71.8 Å². The fraction of sp³-hybridized carbons (Fsp3) is 0.300. The Kier molecular flexibility index (Phi) is 6.62. The van der Waals surface area contributed by atoms with Crippen LogP contribution in [0.5, 0.6) is 0 Å². The number of hydrogen-bond acceptors (Lipinski definition) is 4. The maximum atomic E-state index is 12.6. The van der Waals surface area contributed by atoms with Gasteiger partial charge in [0.1, 0.15) is 4.75 Å². The second-order valence-electron chi connectivity index (χ2n) is 5.69. The van der Waals surface area contributed by atoms with E-state index in [0.29, 0.717) is 17.9 Å². The Hall–Kier alpha value is -2.07. The van der Waals surface area contributed by atoms with Crippen molar-refractivity contribution >= 4 is 23.5 Å². The third kappa shape index (κ3) is 4.96. The van der Waals surface area contributed by atoms with Crippen molar-refractivity contribution in [3.8, 4) is 0 Å². The van der Waals surface area contributed by atoms with Crippen LogP contribution in [0.25, 0.3) is 0 Å². The largest absolute Gasteiger partial charge is 0.465 e. The van der Waals surface area contributed by atoms with Gasteiger partial charge in [0, 0.05) is 17.7 Å². The third-order valence-electron chi connectivity index (χ3n) is 3.70. The second-order valence-corrected chi connectivity index (χ2v) is 7.17. The molecule has 0 aliphatic heterocycles. The van der Waals surface area contributed by atoms with Gasteiger partial charge in [-0.15, -0.1) is 11.8 Å². The molecule has 1 atom stereocenters. The minimum absolute atomic E-state index is 0.0493. The Morgan fingerprint density at radius 2 is 1.58 bits per heavy atom. The number of benzene rings is 2. The number of rotatable bonds is 8. The number of ketones is 1. The van der Waals surface area contributed by atoms with Crippen LogP contribution in [0.3, 0.4) is 0 Å². The van der Waals surface area contributed by atoms with E-state index in [0.717, 1.165) is 5.56 Å². The summed E-state index contributed by atoms with van der Waals surface area (Å²) in [5, 5.41) is 0. The van der Waals surface area contributed by atoms with Crippen molar-refractivity contribution in [1.29, 1.82) is 0 Å². The van der Waals surface area contributed by atoms with Gasteiger partial charge in [-0.2, -0.15) is 0 Å². The quantitative estimate of drug-likeness (QED) is 0.523. The van der Waals surface area contributed by atoms with Crippen LogP contribution >= 0.6 is 11.8 Å². The first-order chi connectivity index (χ1) is 11.5. The van der Waals surface area contributed by atoms with Crippen molar-refractivity contribution in [3.63, 3.8) is 0 Å². The molecular formula is C20H22O3S. The summed E-state index contributed by atoms with van der Waals surface area (Å²) in [5.74, 6) is 0.264. The summed E-state index contributed by atoms with van der Waals surface area (Å²) in [6.07, 6.45) is 0.118. The highest BCUT2D eigenvalue weighted by atomic mass is 32.2. The SMILES string of the molecule is CCOC(=O)C(C)(CC(=O)c1ccccc1)SCc1ccccc1. The Balaban J connectivity index is 2.13. The van der Waals surface area contributed by atoms with Crippen LogP contribution in [0.2, 0.25) is 0 Å². The molecule has 126 valence electrons. The van der Waals surface area contributed by atoms with Gasteiger partial charge in [-0.25, -0.2) is 0 Å². The molecule has 0 heterocycles. The summed E-state index contributed by atoms with van der Waals surface area (Å²) in [6.45, 7) is 3.87. The molecule has 0 aliphatic carbocycles. The number of hydrogen-bond donors (Lipinski definition) is 0. The Bertz CT molecular complexity index is 670. The van der Waals surface area contributed by atoms with Gasteiger partial charge in [0.2, 0.25) is 0 Å². The predicted octanol–water partition coefficient (Wildman–Crippen LogP) is 4.51. The molecule has 0 saturated carbocycles. The van der Waals surface area contributed by atoms with Gasteiger partial charge in [0.25, 0.3) is 0 Å². The highest BCUT2D eigenvalue weighted by Gasteiger charge is 2.38. The summed E-state index contributed by atoms with van der Waals surface area (Å²) in [4.78, 5) is 25.0. The maximum absolute atomic E-state index is 12.6. The minimum atomic E-state index is -0.904. The standard InChI is InChI=1S/C20H22O3S/c1-3-23-19(22)20(2,24-15-16-10-6-4-7-11-16)14-18(21)17-12-8-5-9-13-17/h4-13H,3,14-15H2,1-2H3. The average molecular weight is 342 g/mol. The van der Waals surface area contributed by atoms with E-state index in [1.807, 2.05) is 48.5 Å². The minimum Gasteiger partial charge on any atom is -0.465 e. The lowest BCUT2D eigenvalue weighted by atomic mass is 9.99. The fourth-order valence-corrected chi connectivity index (χ4v) is 3.40. The molecule has 0 spiro atoms. The van der Waals surface area contributed by atoms with Gasteiger partial charge in [0.15, 0.2) is 5.78 Å². The molecule has 0 fully saturated rings. The van der Waals surface area contributed by atoms with Crippen LogP contribution in [0.15, 0.2) is 60.7 Å². The molecule has 0 radical (unpaired) electrons. The molecule has 0 amide bonds. The van der Waals surface area contributed by atoms with Crippen molar-refractivity contribution in [2.75, 3.05) is 6.61 Å². The van der Waals surface area contributed by atoms with Crippen molar-refractivity contribution in [2.24, 2.45) is 0 Å². The highest BCUT2D eigenvalue weighted by molar-refractivity contribution is 8.00. The van der Waals surface area contributed by atoms with Gasteiger partial charge in [-0.1, -0.05) is 60.7 Å². The van der Waals surface area contributed by atoms with Crippen LogP contribution in [0, 0.1) is 0 Å². The molecule has 0 aromatic heterocycles. The van der Waals surface area contributed by atoms with E-state index in [2.05, 4.69) is 0 Å². The normalized spacial score (nSPS) is 13.1. The lowest BCUT2D eigenvalue weighted by Crippen LogP contribution is -2.36. The molecule has 24 heavy (non-hydrogen) atoms. The fourth-order valence-electron chi connectivity index (χ4n) is 2.32. The van der Waals surface area contributed by atoms with Crippen LogP contribution in [-0.2, 0) is 15.3 Å². The predicted molar refractivity (Wildman–Crippen MR) is 98.2 cm³/mol. The van der Waals surface area contributed by atoms with Crippen molar-refractivity contribution in [1.82, 2.24) is 0 Å². The van der Waals surface area contributed by atoms with Gasteiger partial charge in [0.05, 0.1) is 6.61 Å². The molecule has 4 heteroatoms. The summed E-state index contributed by atoms with van der Waals surface area (Å²) < 4.78 is 4.32. The number of esters is 1. The smallest absolute Gasteiger partial charge is 0.322 e. The zero-order valence-corrected chi connectivity index (χ0v) is 14.8. The monoisotopic (exact) mass is 342 g/mol. The van der Waals surface area contributed by atoms with Crippen LogP contribution in [0.4, 0.5) is 0 Å².